The molecule has 1 fully saturated rings. The van der Waals surface area contributed by atoms with Gasteiger partial charge in [-0.05, 0) is 18.1 Å². The zero-order valence-corrected chi connectivity index (χ0v) is 12.7. The molecule has 124 valence electrons. The van der Waals surface area contributed by atoms with Gasteiger partial charge < -0.3 is 5.32 Å². The lowest BCUT2D eigenvalue weighted by molar-refractivity contribution is -0.141. The lowest BCUT2D eigenvalue weighted by Gasteiger charge is -2.36. The van der Waals surface area contributed by atoms with E-state index in [0.29, 0.717) is 19.5 Å². The molecule has 1 atom stereocenters. The zero-order chi connectivity index (χ0) is 16.2. The molecule has 2 rings (SSSR count). The number of hydrogen-bond donors (Lipinski definition) is 1. The van der Waals surface area contributed by atoms with Crippen molar-refractivity contribution in [1.82, 2.24) is 10.2 Å². The van der Waals surface area contributed by atoms with Crippen molar-refractivity contribution >= 4 is 0 Å². The zero-order valence-electron chi connectivity index (χ0n) is 12.7. The Kier molecular flexibility index (Phi) is 5.81. The number of hydrogen-bond acceptors (Lipinski definition) is 2. The van der Waals surface area contributed by atoms with Gasteiger partial charge in [-0.2, -0.15) is 13.2 Å². The van der Waals surface area contributed by atoms with E-state index in [9.17, 15) is 17.6 Å². The van der Waals surface area contributed by atoms with Crippen LogP contribution in [-0.2, 0) is 6.18 Å². The Hall–Kier alpha value is -1.14. The van der Waals surface area contributed by atoms with Crippen LogP contribution < -0.4 is 5.32 Å². The monoisotopic (exact) mass is 318 g/mol. The second kappa shape index (κ2) is 7.42. The number of nitrogens with one attached hydrogen (secondary N) is 1. The largest absolute Gasteiger partial charge is 0.419 e. The Morgan fingerprint density at radius 1 is 1.23 bits per heavy atom. The van der Waals surface area contributed by atoms with Crippen LogP contribution in [0.5, 0.6) is 0 Å². The molecule has 0 aliphatic carbocycles. The van der Waals surface area contributed by atoms with Gasteiger partial charge in [0, 0.05) is 32.2 Å². The van der Waals surface area contributed by atoms with Gasteiger partial charge in [0.05, 0.1) is 5.56 Å². The number of rotatable bonds is 5. The fourth-order valence-corrected chi connectivity index (χ4v) is 3.04. The summed E-state index contributed by atoms with van der Waals surface area (Å²) in [6.45, 7) is 4.87. The molecule has 0 radical (unpaired) electrons. The van der Waals surface area contributed by atoms with Crippen LogP contribution in [0.15, 0.2) is 18.2 Å². The summed E-state index contributed by atoms with van der Waals surface area (Å²) in [6, 6.07) is 3.31. The first-order valence-corrected chi connectivity index (χ1v) is 7.75. The van der Waals surface area contributed by atoms with Gasteiger partial charge in [0.25, 0.3) is 0 Å². The maximum Gasteiger partial charge on any atom is 0.419 e. The Balaban J connectivity index is 2.40. The SMILES string of the molecule is CCCC[C@@H](c1cccc(F)c1C(F)(F)F)N1CCNCC1. The number of alkyl halides is 3. The van der Waals surface area contributed by atoms with Crippen molar-refractivity contribution in [2.45, 2.75) is 38.4 Å². The van der Waals surface area contributed by atoms with Crippen molar-refractivity contribution < 1.29 is 17.6 Å². The van der Waals surface area contributed by atoms with Crippen LogP contribution >= 0.6 is 0 Å². The van der Waals surface area contributed by atoms with Crippen LogP contribution in [0.25, 0.3) is 0 Å². The van der Waals surface area contributed by atoms with Gasteiger partial charge in [-0.3, -0.25) is 4.90 Å². The maximum absolute atomic E-state index is 13.8. The summed E-state index contributed by atoms with van der Waals surface area (Å²) in [5.74, 6) is -1.18. The van der Waals surface area contributed by atoms with Gasteiger partial charge in [-0.1, -0.05) is 31.9 Å². The molecule has 1 aromatic rings. The van der Waals surface area contributed by atoms with Gasteiger partial charge in [0.1, 0.15) is 5.82 Å². The van der Waals surface area contributed by atoms with E-state index >= 15 is 0 Å². The second-order valence-electron chi connectivity index (χ2n) is 5.65. The second-order valence-corrected chi connectivity index (χ2v) is 5.65. The molecular formula is C16H22F4N2. The van der Waals surface area contributed by atoms with E-state index in [4.69, 9.17) is 0 Å². The number of nitrogens with zero attached hydrogens (tertiary/aromatic N) is 1. The molecule has 0 saturated carbocycles. The number of benzene rings is 1. The van der Waals surface area contributed by atoms with Crippen molar-refractivity contribution in [2.24, 2.45) is 0 Å². The highest BCUT2D eigenvalue weighted by molar-refractivity contribution is 5.34. The van der Waals surface area contributed by atoms with Gasteiger partial charge in [-0.15, -0.1) is 0 Å². The van der Waals surface area contributed by atoms with Crippen molar-refractivity contribution in [3.05, 3.63) is 35.1 Å². The highest BCUT2D eigenvalue weighted by Crippen LogP contribution is 2.39. The summed E-state index contributed by atoms with van der Waals surface area (Å²) in [4.78, 5) is 2.04. The quantitative estimate of drug-likeness (QED) is 0.826. The third-order valence-electron chi connectivity index (χ3n) is 4.11. The third-order valence-corrected chi connectivity index (χ3v) is 4.11. The Morgan fingerprint density at radius 2 is 1.91 bits per heavy atom. The minimum atomic E-state index is -4.67. The molecule has 1 N–H and O–H groups in total. The summed E-state index contributed by atoms with van der Waals surface area (Å²) in [5, 5.41) is 3.20. The van der Waals surface area contributed by atoms with Crippen LogP contribution in [-0.4, -0.2) is 31.1 Å². The van der Waals surface area contributed by atoms with E-state index in [0.717, 1.165) is 32.0 Å². The molecule has 6 heteroatoms. The molecule has 22 heavy (non-hydrogen) atoms. The third kappa shape index (κ3) is 3.98. The van der Waals surface area contributed by atoms with Crippen molar-refractivity contribution in [1.29, 1.82) is 0 Å². The van der Waals surface area contributed by atoms with Gasteiger partial charge in [0.15, 0.2) is 0 Å². The van der Waals surface area contributed by atoms with Crippen LogP contribution in [0.1, 0.15) is 43.4 Å². The van der Waals surface area contributed by atoms with E-state index < -0.39 is 17.6 Å². The first kappa shape index (κ1) is 17.2. The standard InChI is InChI=1S/C16H22F4N2/c1-2-3-7-14(22-10-8-21-9-11-22)12-5-4-6-13(17)15(12)16(18,19)20/h4-6,14,21H,2-3,7-11H2,1H3/t14-/m0/s1. The van der Waals surface area contributed by atoms with Crippen LogP contribution in [0.3, 0.4) is 0 Å². The first-order chi connectivity index (χ1) is 10.4. The molecule has 0 spiro atoms. The van der Waals surface area contributed by atoms with E-state index in [1.807, 2.05) is 11.8 Å². The lowest BCUT2D eigenvalue weighted by atomic mass is 9.93. The Labute approximate surface area is 128 Å². The minimum Gasteiger partial charge on any atom is -0.314 e. The topological polar surface area (TPSA) is 15.3 Å². The molecule has 1 aliphatic heterocycles. The summed E-state index contributed by atoms with van der Waals surface area (Å²) < 4.78 is 53.7. The molecule has 0 amide bonds. The molecule has 0 bridgehead atoms. The van der Waals surface area contributed by atoms with Gasteiger partial charge >= 0.3 is 6.18 Å². The normalized spacial score (nSPS) is 18.4. The summed E-state index contributed by atoms with van der Waals surface area (Å²) in [7, 11) is 0. The fourth-order valence-electron chi connectivity index (χ4n) is 3.04. The van der Waals surface area contributed by atoms with Crippen LogP contribution in [0, 0.1) is 5.82 Å². The van der Waals surface area contributed by atoms with Gasteiger partial charge in [0.2, 0.25) is 0 Å². The van der Waals surface area contributed by atoms with Crippen molar-refractivity contribution in [3.63, 3.8) is 0 Å². The molecule has 1 aromatic carbocycles. The highest BCUT2D eigenvalue weighted by Gasteiger charge is 2.39. The smallest absolute Gasteiger partial charge is 0.314 e. The lowest BCUT2D eigenvalue weighted by Crippen LogP contribution is -2.45. The van der Waals surface area contributed by atoms with Crippen molar-refractivity contribution in [3.8, 4) is 0 Å². The highest BCUT2D eigenvalue weighted by atomic mass is 19.4. The fraction of sp³-hybridized carbons (Fsp3) is 0.625. The summed E-state index contributed by atoms with van der Waals surface area (Å²) >= 11 is 0. The molecule has 0 aromatic heterocycles. The predicted molar refractivity (Wildman–Crippen MR) is 78.1 cm³/mol. The molecule has 1 heterocycles. The van der Waals surface area contributed by atoms with E-state index in [-0.39, 0.29) is 11.6 Å². The van der Waals surface area contributed by atoms with Crippen LogP contribution in [0.4, 0.5) is 17.6 Å². The number of piperazine rings is 1. The minimum absolute atomic E-state index is 0.0721. The molecule has 1 aliphatic rings. The molecule has 2 nitrogen and oxygen atoms in total. The maximum atomic E-state index is 13.8. The van der Waals surface area contributed by atoms with E-state index in [1.165, 1.54) is 12.1 Å². The average molecular weight is 318 g/mol. The first-order valence-electron chi connectivity index (χ1n) is 7.75. The number of halogens is 4. The Bertz CT molecular complexity index is 482. The number of unbranched alkanes of at least 4 members (excludes halogenated alkanes) is 1. The molecule has 0 unspecified atom stereocenters. The van der Waals surface area contributed by atoms with Crippen molar-refractivity contribution in [2.75, 3.05) is 26.2 Å². The molecular weight excluding hydrogens is 296 g/mol. The van der Waals surface area contributed by atoms with E-state index in [1.54, 1.807) is 0 Å². The van der Waals surface area contributed by atoms with Gasteiger partial charge in [-0.25, -0.2) is 4.39 Å². The van der Waals surface area contributed by atoms with Crippen LogP contribution in [0.2, 0.25) is 0 Å². The predicted octanol–water partition coefficient (Wildman–Crippen LogP) is 3.98. The summed E-state index contributed by atoms with van der Waals surface area (Å²) in [5.41, 5.74) is -1.03. The Morgan fingerprint density at radius 3 is 2.50 bits per heavy atom. The molecule has 1 saturated heterocycles. The summed E-state index contributed by atoms with van der Waals surface area (Å²) in [6.07, 6.45) is -2.33. The van der Waals surface area contributed by atoms with E-state index in [2.05, 4.69) is 5.32 Å². The average Bonchev–Trinajstić information content (AvgIpc) is 2.47.